The number of amides is 1. The monoisotopic (exact) mass is 375 g/mol. The minimum Gasteiger partial charge on any atom is -0.457 e. The number of nitrogen functional groups attached to an aromatic ring is 1. The number of rotatable bonds is 7. The minimum atomic E-state index is -0.243. The van der Waals surface area contributed by atoms with Gasteiger partial charge in [-0.15, -0.1) is 0 Å². The fraction of sp³-hybridized carbons (Fsp3) is 0.217. The zero-order chi connectivity index (χ0) is 19.9. The molecule has 144 valence electrons. The summed E-state index contributed by atoms with van der Waals surface area (Å²) in [6.07, 6.45) is 2.62. The molecular weight excluding hydrogens is 350 g/mol. The first kappa shape index (κ1) is 19.4. The van der Waals surface area contributed by atoms with Gasteiger partial charge in [0.15, 0.2) is 0 Å². The number of carbonyl (C=O) groups is 1. The lowest BCUT2D eigenvalue weighted by atomic mass is 10.0. The average Bonchev–Trinajstić information content (AvgIpc) is 2.69. The summed E-state index contributed by atoms with van der Waals surface area (Å²) < 4.78 is 5.89. The van der Waals surface area contributed by atoms with Gasteiger partial charge in [-0.2, -0.15) is 0 Å². The van der Waals surface area contributed by atoms with E-state index in [4.69, 9.17) is 10.5 Å². The van der Waals surface area contributed by atoms with E-state index in [1.54, 1.807) is 18.3 Å². The number of anilines is 1. The average molecular weight is 375 g/mol. The highest BCUT2D eigenvalue weighted by molar-refractivity contribution is 5.98. The SMILES string of the molecule is CC(C)Cc1ccc(Oc2ccc(CNC(=O)c3cccnc3N)cc2)cc1. The van der Waals surface area contributed by atoms with Crippen molar-refractivity contribution in [1.82, 2.24) is 10.3 Å². The van der Waals surface area contributed by atoms with Crippen LogP contribution in [0.25, 0.3) is 0 Å². The number of carbonyl (C=O) groups excluding carboxylic acids is 1. The second-order valence-electron chi connectivity index (χ2n) is 7.11. The van der Waals surface area contributed by atoms with Crippen LogP contribution in [0.1, 0.15) is 35.3 Å². The lowest BCUT2D eigenvalue weighted by molar-refractivity contribution is 0.0951. The third-order valence-electron chi connectivity index (χ3n) is 4.26. The smallest absolute Gasteiger partial charge is 0.255 e. The van der Waals surface area contributed by atoms with Crippen LogP contribution in [-0.2, 0) is 13.0 Å². The highest BCUT2D eigenvalue weighted by atomic mass is 16.5. The molecule has 0 unspecified atom stereocenters. The fourth-order valence-corrected chi connectivity index (χ4v) is 2.86. The standard InChI is InChI=1S/C23H25N3O2/c1-16(2)14-17-5-9-19(10-6-17)28-20-11-7-18(8-12-20)15-26-23(27)21-4-3-13-25-22(21)24/h3-13,16H,14-15H2,1-2H3,(H2,24,25)(H,26,27). The minimum absolute atomic E-state index is 0.225. The summed E-state index contributed by atoms with van der Waals surface area (Å²) in [6.45, 7) is 4.82. The first-order chi connectivity index (χ1) is 13.5. The van der Waals surface area contributed by atoms with Crippen molar-refractivity contribution in [2.45, 2.75) is 26.8 Å². The topological polar surface area (TPSA) is 77.2 Å². The van der Waals surface area contributed by atoms with E-state index in [9.17, 15) is 4.79 Å². The maximum atomic E-state index is 12.2. The Bertz CT molecular complexity index is 919. The van der Waals surface area contributed by atoms with Crippen molar-refractivity contribution in [3.8, 4) is 11.5 Å². The number of benzene rings is 2. The van der Waals surface area contributed by atoms with Crippen molar-refractivity contribution in [3.05, 3.63) is 83.6 Å². The van der Waals surface area contributed by atoms with Gasteiger partial charge >= 0.3 is 0 Å². The molecule has 28 heavy (non-hydrogen) atoms. The molecule has 3 N–H and O–H groups in total. The molecule has 0 bridgehead atoms. The molecule has 0 fully saturated rings. The Morgan fingerprint density at radius 3 is 2.18 bits per heavy atom. The molecule has 1 heterocycles. The van der Waals surface area contributed by atoms with E-state index in [-0.39, 0.29) is 11.7 Å². The van der Waals surface area contributed by atoms with E-state index in [1.165, 1.54) is 5.56 Å². The van der Waals surface area contributed by atoms with Crippen LogP contribution in [0.5, 0.6) is 11.5 Å². The van der Waals surface area contributed by atoms with E-state index in [0.717, 1.165) is 23.5 Å². The summed E-state index contributed by atoms with van der Waals surface area (Å²) in [5.74, 6) is 2.17. The van der Waals surface area contributed by atoms with E-state index in [1.807, 2.05) is 36.4 Å². The molecule has 1 aromatic heterocycles. The molecule has 0 spiro atoms. The molecule has 0 aliphatic carbocycles. The zero-order valence-corrected chi connectivity index (χ0v) is 16.2. The van der Waals surface area contributed by atoms with Crippen molar-refractivity contribution in [3.63, 3.8) is 0 Å². The number of nitrogens with one attached hydrogen (secondary N) is 1. The lowest BCUT2D eigenvalue weighted by Crippen LogP contribution is -2.24. The predicted molar refractivity (Wildman–Crippen MR) is 111 cm³/mol. The van der Waals surface area contributed by atoms with Gasteiger partial charge in [0.05, 0.1) is 5.56 Å². The molecule has 2 aromatic carbocycles. The molecule has 1 amide bonds. The molecule has 0 aliphatic rings. The Kier molecular flexibility index (Phi) is 6.27. The molecule has 5 heteroatoms. The molecule has 3 rings (SSSR count). The third kappa shape index (κ3) is 5.33. The zero-order valence-electron chi connectivity index (χ0n) is 16.2. The Morgan fingerprint density at radius 2 is 1.61 bits per heavy atom. The van der Waals surface area contributed by atoms with Crippen molar-refractivity contribution < 1.29 is 9.53 Å². The largest absolute Gasteiger partial charge is 0.457 e. The van der Waals surface area contributed by atoms with Crippen LogP contribution in [0.2, 0.25) is 0 Å². The van der Waals surface area contributed by atoms with Crippen LogP contribution in [0, 0.1) is 5.92 Å². The van der Waals surface area contributed by atoms with Gasteiger partial charge in [-0.25, -0.2) is 4.98 Å². The van der Waals surface area contributed by atoms with Crippen LogP contribution in [0.4, 0.5) is 5.82 Å². The summed E-state index contributed by atoms with van der Waals surface area (Å²) in [5.41, 5.74) is 8.38. The van der Waals surface area contributed by atoms with Crippen LogP contribution in [0.3, 0.4) is 0 Å². The van der Waals surface area contributed by atoms with Gasteiger partial charge in [0.1, 0.15) is 17.3 Å². The van der Waals surface area contributed by atoms with Crippen LogP contribution < -0.4 is 15.8 Å². The highest BCUT2D eigenvalue weighted by Crippen LogP contribution is 2.23. The number of nitrogens with zero attached hydrogens (tertiary/aromatic N) is 1. The maximum Gasteiger partial charge on any atom is 0.255 e. The van der Waals surface area contributed by atoms with E-state index >= 15 is 0 Å². The number of aromatic nitrogens is 1. The number of hydrogen-bond donors (Lipinski definition) is 2. The molecular formula is C23H25N3O2. The van der Waals surface area contributed by atoms with Gasteiger partial charge in [-0.05, 0) is 59.9 Å². The molecule has 0 radical (unpaired) electrons. The summed E-state index contributed by atoms with van der Waals surface area (Å²) in [6, 6.07) is 19.2. The number of hydrogen-bond acceptors (Lipinski definition) is 4. The van der Waals surface area contributed by atoms with Gasteiger partial charge < -0.3 is 15.8 Å². The van der Waals surface area contributed by atoms with Crippen LogP contribution in [-0.4, -0.2) is 10.9 Å². The number of nitrogens with two attached hydrogens (primary N) is 1. The van der Waals surface area contributed by atoms with E-state index < -0.39 is 0 Å². The van der Waals surface area contributed by atoms with Crippen molar-refractivity contribution in [1.29, 1.82) is 0 Å². The third-order valence-corrected chi connectivity index (χ3v) is 4.26. The first-order valence-corrected chi connectivity index (χ1v) is 9.35. The highest BCUT2D eigenvalue weighted by Gasteiger charge is 2.09. The molecule has 3 aromatic rings. The Balaban J connectivity index is 1.55. The van der Waals surface area contributed by atoms with Crippen LogP contribution >= 0.6 is 0 Å². The summed E-state index contributed by atoms with van der Waals surface area (Å²) in [4.78, 5) is 16.1. The maximum absolute atomic E-state index is 12.2. The predicted octanol–water partition coefficient (Wildman–Crippen LogP) is 4.58. The molecule has 0 saturated carbocycles. The summed E-state index contributed by atoms with van der Waals surface area (Å²) in [5, 5.41) is 2.85. The normalized spacial score (nSPS) is 10.7. The molecule has 0 aliphatic heterocycles. The van der Waals surface area contributed by atoms with Gasteiger partial charge in [0, 0.05) is 12.7 Å². The van der Waals surface area contributed by atoms with Gasteiger partial charge in [-0.3, -0.25) is 4.79 Å². The fourth-order valence-electron chi connectivity index (χ4n) is 2.86. The van der Waals surface area contributed by atoms with E-state index in [2.05, 4.69) is 36.3 Å². The lowest BCUT2D eigenvalue weighted by Gasteiger charge is -2.10. The number of pyridine rings is 1. The van der Waals surface area contributed by atoms with Crippen molar-refractivity contribution >= 4 is 11.7 Å². The molecule has 0 atom stereocenters. The van der Waals surface area contributed by atoms with Crippen molar-refractivity contribution in [2.75, 3.05) is 5.73 Å². The molecule has 0 saturated heterocycles. The Hall–Kier alpha value is -3.34. The first-order valence-electron chi connectivity index (χ1n) is 9.35. The van der Waals surface area contributed by atoms with Gasteiger partial charge in [0.25, 0.3) is 5.91 Å². The second-order valence-corrected chi connectivity index (χ2v) is 7.11. The van der Waals surface area contributed by atoms with Crippen LogP contribution in [0.15, 0.2) is 66.9 Å². The second kappa shape index (κ2) is 9.04. The van der Waals surface area contributed by atoms with Gasteiger partial charge in [0.2, 0.25) is 0 Å². The Morgan fingerprint density at radius 1 is 1.00 bits per heavy atom. The summed E-state index contributed by atoms with van der Waals surface area (Å²) >= 11 is 0. The number of ether oxygens (including phenoxy) is 1. The quantitative estimate of drug-likeness (QED) is 0.633. The van der Waals surface area contributed by atoms with Gasteiger partial charge in [-0.1, -0.05) is 38.1 Å². The molecule has 5 nitrogen and oxygen atoms in total. The van der Waals surface area contributed by atoms with Crippen molar-refractivity contribution in [2.24, 2.45) is 5.92 Å². The van der Waals surface area contributed by atoms with E-state index in [0.29, 0.717) is 18.0 Å². The summed E-state index contributed by atoms with van der Waals surface area (Å²) in [7, 11) is 0. The Labute approximate surface area is 165 Å².